The molecule has 1 aromatic carbocycles. The van der Waals surface area contributed by atoms with E-state index in [-0.39, 0.29) is 5.38 Å². The van der Waals surface area contributed by atoms with Gasteiger partial charge in [-0.05, 0) is 45.5 Å². The number of hydrogen-bond acceptors (Lipinski definition) is 2. The van der Waals surface area contributed by atoms with Gasteiger partial charge in [0, 0.05) is 6.54 Å². The topological polar surface area (TPSA) is 21.1 Å². The van der Waals surface area contributed by atoms with Crippen molar-refractivity contribution in [3.05, 3.63) is 29.6 Å². The van der Waals surface area contributed by atoms with Crippen molar-refractivity contribution in [2.75, 3.05) is 20.6 Å². The van der Waals surface area contributed by atoms with Gasteiger partial charge in [0.05, 0.1) is 22.5 Å². The van der Waals surface area contributed by atoms with E-state index in [9.17, 15) is 0 Å². The van der Waals surface area contributed by atoms with Crippen LogP contribution in [-0.4, -0.2) is 35.1 Å². The molecular weight excluding hydrogens is 282 g/mol. The average Bonchev–Trinajstić information content (AvgIpc) is 2.76. The number of alkyl halides is 1. The van der Waals surface area contributed by atoms with Crippen LogP contribution >= 0.6 is 11.6 Å². The maximum atomic E-state index is 6.42. The van der Waals surface area contributed by atoms with Gasteiger partial charge in [-0.2, -0.15) is 0 Å². The number of hydrogen-bond donors (Lipinski definition) is 0. The molecule has 0 bridgehead atoms. The largest absolute Gasteiger partial charge is 0.322 e. The van der Waals surface area contributed by atoms with Crippen molar-refractivity contribution < 1.29 is 0 Å². The van der Waals surface area contributed by atoms with Gasteiger partial charge in [-0.1, -0.05) is 26.0 Å². The van der Waals surface area contributed by atoms with Crippen molar-refractivity contribution in [3.63, 3.8) is 0 Å². The van der Waals surface area contributed by atoms with Crippen LogP contribution in [0.1, 0.15) is 43.6 Å². The van der Waals surface area contributed by atoms with Crippen LogP contribution in [0, 0.1) is 12.8 Å². The number of nitrogens with zero attached hydrogens (tertiary/aromatic N) is 3. The molecule has 21 heavy (non-hydrogen) atoms. The number of benzene rings is 1. The van der Waals surface area contributed by atoms with Crippen LogP contribution in [0.25, 0.3) is 11.0 Å². The smallest absolute Gasteiger partial charge is 0.128 e. The lowest BCUT2D eigenvalue weighted by Crippen LogP contribution is -2.29. The van der Waals surface area contributed by atoms with Gasteiger partial charge in [0.15, 0.2) is 0 Å². The minimum Gasteiger partial charge on any atom is -0.322 e. The molecule has 1 aromatic heterocycles. The van der Waals surface area contributed by atoms with E-state index < -0.39 is 0 Å². The van der Waals surface area contributed by atoms with E-state index in [4.69, 9.17) is 16.6 Å². The zero-order valence-corrected chi connectivity index (χ0v) is 14.6. The summed E-state index contributed by atoms with van der Waals surface area (Å²) < 4.78 is 2.37. The molecule has 0 aliphatic rings. The maximum Gasteiger partial charge on any atom is 0.128 e. The van der Waals surface area contributed by atoms with Crippen molar-refractivity contribution in [2.45, 2.75) is 39.1 Å². The fourth-order valence-corrected chi connectivity index (χ4v) is 3.07. The summed E-state index contributed by atoms with van der Waals surface area (Å²) in [4.78, 5) is 7.03. The van der Waals surface area contributed by atoms with Crippen molar-refractivity contribution in [3.8, 4) is 0 Å². The second kappa shape index (κ2) is 6.37. The van der Waals surface area contributed by atoms with E-state index in [0.29, 0.717) is 12.0 Å². The Hall–Kier alpha value is -1.06. The lowest BCUT2D eigenvalue weighted by molar-refractivity contribution is 0.269. The van der Waals surface area contributed by atoms with Crippen LogP contribution in [0.2, 0.25) is 0 Å². The van der Waals surface area contributed by atoms with E-state index in [1.165, 1.54) is 11.1 Å². The van der Waals surface area contributed by atoms with Crippen LogP contribution in [0.5, 0.6) is 0 Å². The Labute approximate surface area is 132 Å². The summed E-state index contributed by atoms with van der Waals surface area (Å²) >= 11 is 6.42. The summed E-state index contributed by atoms with van der Waals surface area (Å²) in [6.07, 6.45) is 0. The highest BCUT2D eigenvalue weighted by molar-refractivity contribution is 6.20. The third-order valence-corrected chi connectivity index (χ3v) is 4.14. The van der Waals surface area contributed by atoms with Gasteiger partial charge in [-0.15, -0.1) is 11.6 Å². The van der Waals surface area contributed by atoms with Crippen LogP contribution in [0.3, 0.4) is 0 Å². The van der Waals surface area contributed by atoms with Crippen LogP contribution < -0.4 is 0 Å². The highest BCUT2D eigenvalue weighted by Crippen LogP contribution is 2.32. The molecule has 0 amide bonds. The predicted molar refractivity (Wildman–Crippen MR) is 91.2 cm³/mol. The molecule has 116 valence electrons. The molecule has 0 saturated heterocycles. The fraction of sp³-hybridized carbons (Fsp3) is 0.588. The molecule has 0 fully saturated rings. The number of rotatable bonds is 5. The zero-order chi connectivity index (χ0) is 15.7. The first kappa shape index (κ1) is 16.3. The Morgan fingerprint density at radius 2 is 1.90 bits per heavy atom. The summed E-state index contributed by atoms with van der Waals surface area (Å²) in [5.41, 5.74) is 3.52. The molecule has 0 saturated carbocycles. The number of fused-ring (bicyclic) bond motifs is 1. The van der Waals surface area contributed by atoms with Crippen LogP contribution in [0.4, 0.5) is 0 Å². The average molecular weight is 308 g/mol. The Balaban J connectivity index is 2.71. The molecule has 4 heteroatoms. The summed E-state index contributed by atoms with van der Waals surface area (Å²) in [5.74, 6) is 1.49. The Morgan fingerprint density at radius 1 is 1.24 bits per heavy atom. The van der Waals surface area contributed by atoms with E-state index in [2.05, 4.69) is 62.5 Å². The second-order valence-electron chi connectivity index (χ2n) is 6.47. The van der Waals surface area contributed by atoms with Crippen LogP contribution in [-0.2, 0) is 0 Å². The molecule has 3 nitrogen and oxygen atoms in total. The Morgan fingerprint density at radius 3 is 2.43 bits per heavy atom. The minimum atomic E-state index is -0.0970. The third kappa shape index (κ3) is 3.24. The molecule has 0 spiro atoms. The summed E-state index contributed by atoms with van der Waals surface area (Å²) in [6.45, 7) is 9.66. The van der Waals surface area contributed by atoms with E-state index >= 15 is 0 Å². The van der Waals surface area contributed by atoms with Gasteiger partial charge in [-0.3, -0.25) is 0 Å². The monoisotopic (exact) mass is 307 g/mol. The lowest BCUT2D eigenvalue weighted by atomic mass is 10.0. The van der Waals surface area contributed by atoms with Gasteiger partial charge in [-0.25, -0.2) is 4.98 Å². The normalized spacial score (nSPS) is 15.1. The molecule has 1 heterocycles. The molecule has 2 unspecified atom stereocenters. The number of halogens is 1. The molecule has 0 N–H and O–H groups in total. The fourth-order valence-electron chi connectivity index (χ4n) is 2.92. The standard InChI is InChI=1S/C17H26ClN3/c1-11(2)15(10-20(5)6)21-16-12(3)8-7-9-14(16)19-17(21)13(4)18/h7-9,11,13,15H,10H2,1-6H3. The van der Waals surface area contributed by atoms with Crippen molar-refractivity contribution in [2.24, 2.45) is 5.92 Å². The van der Waals surface area contributed by atoms with Gasteiger partial charge in [0.2, 0.25) is 0 Å². The summed E-state index contributed by atoms with van der Waals surface area (Å²) in [6, 6.07) is 6.65. The highest BCUT2D eigenvalue weighted by Gasteiger charge is 2.25. The molecule has 0 aliphatic carbocycles. The number of aromatic nitrogens is 2. The minimum absolute atomic E-state index is 0.0970. The first-order chi connectivity index (χ1) is 9.82. The second-order valence-corrected chi connectivity index (χ2v) is 7.13. The molecular formula is C17H26ClN3. The van der Waals surface area contributed by atoms with Gasteiger partial charge >= 0.3 is 0 Å². The van der Waals surface area contributed by atoms with Crippen molar-refractivity contribution in [1.29, 1.82) is 0 Å². The van der Waals surface area contributed by atoms with Crippen molar-refractivity contribution in [1.82, 2.24) is 14.5 Å². The number of imidazole rings is 1. The number of likely N-dealkylation sites (N-methyl/N-ethyl adjacent to an activating group) is 1. The highest BCUT2D eigenvalue weighted by atomic mass is 35.5. The molecule has 0 radical (unpaired) electrons. The Bertz CT molecular complexity index is 614. The molecule has 2 atom stereocenters. The molecule has 2 aromatic rings. The first-order valence-corrected chi connectivity index (χ1v) is 8.02. The van der Waals surface area contributed by atoms with Gasteiger partial charge in [0.1, 0.15) is 5.82 Å². The summed E-state index contributed by atoms with van der Waals surface area (Å²) in [7, 11) is 4.23. The quantitative estimate of drug-likeness (QED) is 0.763. The maximum absolute atomic E-state index is 6.42. The summed E-state index contributed by atoms with van der Waals surface area (Å²) in [5, 5.41) is -0.0970. The Kier molecular flexibility index (Phi) is 4.95. The van der Waals surface area contributed by atoms with Crippen LogP contribution in [0.15, 0.2) is 18.2 Å². The SMILES string of the molecule is Cc1cccc2nc(C(C)Cl)n(C(CN(C)C)C(C)C)c12. The molecule has 2 rings (SSSR count). The van der Waals surface area contributed by atoms with Crippen molar-refractivity contribution >= 4 is 22.6 Å². The number of aryl methyl sites for hydroxylation is 1. The van der Waals surface area contributed by atoms with Gasteiger partial charge in [0.25, 0.3) is 0 Å². The zero-order valence-electron chi connectivity index (χ0n) is 13.9. The first-order valence-electron chi connectivity index (χ1n) is 7.59. The van der Waals surface area contributed by atoms with E-state index in [0.717, 1.165) is 17.9 Å². The number of para-hydroxylation sites is 1. The van der Waals surface area contributed by atoms with E-state index in [1.54, 1.807) is 0 Å². The molecule has 0 aliphatic heterocycles. The van der Waals surface area contributed by atoms with Gasteiger partial charge < -0.3 is 9.47 Å². The predicted octanol–water partition coefficient (Wildman–Crippen LogP) is 4.40. The van der Waals surface area contributed by atoms with E-state index in [1.807, 2.05) is 6.92 Å². The third-order valence-electron chi connectivity index (χ3n) is 3.95. The lowest BCUT2D eigenvalue weighted by Gasteiger charge is -2.29.